The zero-order valence-electron chi connectivity index (χ0n) is 21.5. The van der Waals surface area contributed by atoms with Crippen molar-refractivity contribution in [2.75, 3.05) is 30.3 Å². The van der Waals surface area contributed by atoms with Gasteiger partial charge in [-0.1, -0.05) is 53.5 Å². The van der Waals surface area contributed by atoms with Gasteiger partial charge >= 0.3 is 12.1 Å². The Bertz CT molecular complexity index is 1400. The van der Waals surface area contributed by atoms with Crippen LogP contribution in [0.2, 0.25) is 10.0 Å². The van der Waals surface area contributed by atoms with Crippen LogP contribution < -0.4 is 16.0 Å². The number of hydrogen-bond donors (Lipinski definition) is 3. The smallest absolute Gasteiger partial charge is 0.322 e. The van der Waals surface area contributed by atoms with Gasteiger partial charge in [-0.15, -0.1) is 0 Å². The van der Waals surface area contributed by atoms with Crippen molar-refractivity contribution < 1.29 is 23.2 Å². The Morgan fingerprint density at radius 3 is 2.38 bits per heavy atom. The highest BCUT2D eigenvalue weighted by Gasteiger charge is 2.33. The van der Waals surface area contributed by atoms with Gasteiger partial charge < -0.3 is 25.8 Å². The van der Waals surface area contributed by atoms with E-state index in [1.165, 1.54) is 0 Å². The molecule has 210 valence electrons. The van der Waals surface area contributed by atoms with Gasteiger partial charge in [0.1, 0.15) is 17.7 Å². The van der Waals surface area contributed by atoms with E-state index in [-0.39, 0.29) is 49.7 Å². The van der Waals surface area contributed by atoms with Crippen molar-refractivity contribution in [1.82, 2.24) is 15.1 Å². The van der Waals surface area contributed by atoms with Crippen LogP contribution in [0.5, 0.6) is 0 Å². The van der Waals surface area contributed by atoms with E-state index in [9.17, 15) is 23.2 Å². The molecule has 1 fully saturated rings. The lowest BCUT2D eigenvalue weighted by atomic mass is 10.0. The van der Waals surface area contributed by atoms with Gasteiger partial charge in [0.05, 0.1) is 15.7 Å². The average molecular weight is 590 g/mol. The number of urea groups is 2. The number of halogens is 4. The molecule has 2 unspecified atom stereocenters. The molecule has 3 aromatic rings. The maximum Gasteiger partial charge on any atom is 0.322 e. The van der Waals surface area contributed by atoms with Crippen molar-refractivity contribution in [3.8, 4) is 0 Å². The second kappa shape index (κ2) is 13.0. The Kier molecular flexibility index (Phi) is 9.44. The second-order valence-corrected chi connectivity index (χ2v) is 10.2. The molecule has 5 amide bonds. The van der Waals surface area contributed by atoms with Gasteiger partial charge in [0, 0.05) is 43.9 Å². The molecule has 1 heterocycles. The molecule has 3 N–H and O–H groups in total. The van der Waals surface area contributed by atoms with Gasteiger partial charge in [-0.3, -0.25) is 4.79 Å². The molecule has 8 nitrogen and oxygen atoms in total. The Labute approximate surface area is 240 Å². The SMILES string of the molecule is CC1CN(C(=O)C(Cc2ccccc2)NC(=O)Nc2ccc(F)cc2F)CCN1C(=O)Nc1ccc(Cl)c(Cl)c1. The molecule has 4 rings (SSSR count). The molecule has 1 aliphatic rings. The number of benzene rings is 3. The molecular weight excluding hydrogens is 563 g/mol. The van der Waals surface area contributed by atoms with Crippen molar-refractivity contribution in [3.63, 3.8) is 0 Å². The predicted molar refractivity (Wildman–Crippen MR) is 151 cm³/mol. The minimum Gasteiger partial charge on any atom is -0.337 e. The van der Waals surface area contributed by atoms with Gasteiger partial charge in [-0.2, -0.15) is 0 Å². The van der Waals surface area contributed by atoms with Crippen molar-refractivity contribution in [1.29, 1.82) is 0 Å². The Balaban J connectivity index is 1.42. The maximum atomic E-state index is 14.1. The van der Waals surface area contributed by atoms with Crippen LogP contribution in [0.4, 0.5) is 29.7 Å². The number of nitrogens with one attached hydrogen (secondary N) is 3. The van der Waals surface area contributed by atoms with E-state index >= 15 is 0 Å². The van der Waals surface area contributed by atoms with Crippen molar-refractivity contribution in [2.24, 2.45) is 0 Å². The molecule has 0 radical (unpaired) electrons. The summed E-state index contributed by atoms with van der Waals surface area (Å²) < 4.78 is 27.3. The van der Waals surface area contributed by atoms with Crippen LogP contribution in [-0.4, -0.2) is 59.5 Å². The number of nitrogens with zero attached hydrogens (tertiary/aromatic N) is 2. The summed E-state index contributed by atoms with van der Waals surface area (Å²) in [6, 6.07) is 14.2. The summed E-state index contributed by atoms with van der Waals surface area (Å²) in [6.45, 7) is 2.54. The van der Waals surface area contributed by atoms with Crippen LogP contribution in [0.25, 0.3) is 0 Å². The monoisotopic (exact) mass is 589 g/mol. The summed E-state index contributed by atoms with van der Waals surface area (Å²) >= 11 is 12.0. The molecule has 12 heteroatoms. The summed E-state index contributed by atoms with van der Waals surface area (Å²) in [6.07, 6.45) is 0.186. The first-order valence-corrected chi connectivity index (χ1v) is 13.2. The molecule has 3 aromatic carbocycles. The molecule has 0 saturated carbocycles. The molecule has 0 aromatic heterocycles. The molecule has 2 atom stereocenters. The van der Waals surface area contributed by atoms with Gasteiger partial charge in [-0.25, -0.2) is 18.4 Å². The van der Waals surface area contributed by atoms with Crippen molar-refractivity contribution >= 4 is 52.5 Å². The zero-order valence-corrected chi connectivity index (χ0v) is 23.0. The third kappa shape index (κ3) is 7.40. The third-order valence-electron chi connectivity index (χ3n) is 6.44. The Hall–Kier alpha value is -3.89. The summed E-state index contributed by atoms with van der Waals surface area (Å²) in [7, 11) is 0. The van der Waals surface area contributed by atoms with E-state index in [1.807, 2.05) is 37.3 Å². The van der Waals surface area contributed by atoms with Crippen LogP contribution in [0, 0.1) is 11.6 Å². The topological polar surface area (TPSA) is 93.8 Å². The minimum absolute atomic E-state index is 0.186. The number of amides is 5. The molecule has 1 saturated heterocycles. The van der Waals surface area contributed by atoms with E-state index < -0.39 is 23.7 Å². The highest BCUT2D eigenvalue weighted by atomic mass is 35.5. The van der Waals surface area contributed by atoms with Crippen LogP contribution in [0.15, 0.2) is 66.7 Å². The minimum atomic E-state index is -0.977. The fourth-order valence-electron chi connectivity index (χ4n) is 4.41. The van der Waals surface area contributed by atoms with E-state index in [4.69, 9.17) is 23.2 Å². The summed E-state index contributed by atoms with van der Waals surface area (Å²) in [5, 5.41) is 8.43. The quantitative estimate of drug-likeness (QED) is 0.341. The number of carbonyl (C=O) groups excluding carboxylic acids is 3. The number of rotatable bonds is 6. The summed E-state index contributed by atoms with van der Waals surface area (Å²) in [5.74, 6) is -2.07. The molecule has 0 bridgehead atoms. The highest BCUT2D eigenvalue weighted by Crippen LogP contribution is 2.25. The fraction of sp³-hybridized carbons (Fsp3) is 0.250. The number of carbonyl (C=O) groups is 3. The Morgan fingerprint density at radius 2 is 1.70 bits per heavy atom. The standard InChI is InChI=1S/C28H27Cl2F2N5O3/c1-17-16-36(11-12-37(17)28(40)33-20-8-9-21(29)22(30)15-20)26(38)25(13-18-5-3-2-4-6-18)35-27(39)34-24-10-7-19(31)14-23(24)32/h2-10,14-15,17,25H,11-13,16H2,1H3,(H,33,40)(H2,34,35,39). The zero-order chi connectivity index (χ0) is 28.8. The van der Waals surface area contributed by atoms with Gasteiger partial charge in [-0.05, 0) is 42.8 Å². The molecule has 1 aliphatic heterocycles. The van der Waals surface area contributed by atoms with E-state index in [1.54, 1.807) is 28.0 Å². The predicted octanol–water partition coefficient (Wildman–Crippen LogP) is 5.77. The number of hydrogen-bond acceptors (Lipinski definition) is 3. The first kappa shape index (κ1) is 29.1. The normalized spacial score (nSPS) is 15.8. The Morgan fingerprint density at radius 1 is 0.950 bits per heavy atom. The number of piperazine rings is 1. The summed E-state index contributed by atoms with van der Waals surface area (Å²) in [5.41, 5.74) is 1.07. The van der Waals surface area contributed by atoms with Gasteiger partial charge in [0.15, 0.2) is 0 Å². The van der Waals surface area contributed by atoms with Crippen LogP contribution in [0.1, 0.15) is 12.5 Å². The lowest BCUT2D eigenvalue weighted by Gasteiger charge is -2.41. The highest BCUT2D eigenvalue weighted by molar-refractivity contribution is 6.42. The fourth-order valence-corrected chi connectivity index (χ4v) is 4.70. The van der Waals surface area contributed by atoms with Crippen LogP contribution >= 0.6 is 23.2 Å². The van der Waals surface area contributed by atoms with Crippen LogP contribution in [-0.2, 0) is 11.2 Å². The van der Waals surface area contributed by atoms with Crippen LogP contribution in [0.3, 0.4) is 0 Å². The summed E-state index contributed by atoms with van der Waals surface area (Å²) in [4.78, 5) is 42.4. The van der Waals surface area contributed by atoms with E-state index in [2.05, 4.69) is 16.0 Å². The van der Waals surface area contributed by atoms with Crippen molar-refractivity contribution in [2.45, 2.75) is 25.4 Å². The van der Waals surface area contributed by atoms with E-state index in [0.29, 0.717) is 21.8 Å². The number of anilines is 2. The van der Waals surface area contributed by atoms with E-state index in [0.717, 1.165) is 17.7 Å². The maximum absolute atomic E-state index is 14.1. The molecule has 0 aliphatic carbocycles. The lowest BCUT2D eigenvalue weighted by molar-refractivity contribution is -0.135. The average Bonchev–Trinajstić information content (AvgIpc) is 2.92. The first-order chi connectivity index (χ1) is 19.1. The lowest BCUT2D eigenvalue weighted by Crippen LogP contribution is -2.60. The largest absolute Gasteiger partial charge is 0.337 e. The van der Waals surface area contributed by atoms with Gasteiger partial charge in [0.2, 0.25) is 5.91 Å². The van der Waals surface area contributed by atoms with Gasteiger partial charge in [0.25, 0.3) is 0 Å². The molecular formula is C28H27Cl2F2N5O3. The first-order valence-electron chi connectivity index (χ1n) is 12.5. The second-order valence-electron chi connectivity index (χ2n) is 9.35. The third-order valence-corrected chi connectivity index (χ3v) is 7.18. The molecule has 40 heavy (non-hydrogen) atoms. The molecule has 0 spiro atoms. The van der Waals surface area contributed by atoms with Crippen molar-refractivity contribution in [3.05, 3.63) is 94.0 Å².